The predicted molar refractivity (Wildman–Crippen MR) is 143 cm³/mol. The van der Waals surface area contributed by atoms with E-state index in [-0.39, 0.29) is 44.2 Å². The minimum absolute atomic E-state index is 0.166. The van der Waals surface area contributed by atoms with Crippen molar-refractivity contribution in [1.29, 1.82) is 0 Å². The Labute approximate surface area is 235 Å². The summed E-state index contributed by atoms with van der Waals surface area (Å²) in [6.45, 7) is 0. The molecule has 218 valence electrons. The number of benzene rings is 4. The molecule has 0 spiro atoms. The Bertz CT molecular complexity index is 2060. The van der Waals surface area contributed by atoms with Gasteiger partial charge in [0.2, 0.25) is 0 Å². The van der Waals surface area contributed by atoms with Crippen molar-refractivity contribution < 1.29 is 58.6 Å². The zero-order valence-corrected chi connectivity index (χ0v) is 23.4. The van der Waals surface area contributed by atoms with Gasteiger partial charge in [-0.25, -0.2) is 5.26 Å². The van der Waals surface area contributed by atoms with Crippen molar-refractivity contribution in [2.45, 2.75) is 19.6 Å². The average Bonchev–Trinajstić information content (AvgIpc) is 2.88. The Kier molecular flexibility index (Phi) is 8.26. The summed E-state index contributed by atoms with van der Waals surface area (Å²) in [7, 11) is -13.3. The first-order valence-corrected chi connectivity index (χ1v) is 15.7. The molecule has 4 rings (SSSR count). The second kappa shape index (κ2) is 11.1. The number of nitrogens with zero attached hydrogens (tertiary/aromatic N) is 2. The fourth-order valence-corrected chi connectivity index (χ4v) is 6.75. The first-order valence-electron chi connectivity index (χ1n) is 10.6. The summed E-state index contributed by atoms with van der Waals surface area (Å²) in [6.07, 6.45) is 0. The molecular formula is C21H17N3O13S4. The van der Waals surface area contributed by atoms with Crippen LogP contribution in [0.1, 0.15) is 0 Å². The van der Waals surface area contributed by atoms with E-state index >= 15 is 0 Å². The molecule has 0 aliphatic carbocycles. The van der Waals surface area contributed by atoms with Crippen LogP contribution in [0.25, 0.3) is 21.5 Å². The molecule has 0 fully saturated rings. The first kappa shape index (κ1) is 30.5. The van der Waals surface area contributed by atoms with E-state index in [1.807, 2.05) is 0 Å². The summed E-state index contributed by atoms with van der Waals surface area (Å²) < 4.78 is 106. The summed E-state index contributed by atoms with van der Waals surface area (Å²) in [4.78, 5) is -2.41. The van der Waals surface area contributed by atoms with Crippen molar-refractivity contribution in [3.63, 3.8) is 0 Å². The third kappa shape index (κ3) is 5.97. The molecule has 41 heavy (non-hydrogen) atoms. The molecule has 0 heterocycles. The van der Waals surface area contributed by atoms with E-state index in [0.29, 0.717) is 0 Å². The molecule has 0 bridgehead atoms. The number of aromatic hydroxyl groups is 1. The molecule has 16 nitrogen and oxygen atoms in total. The lowest BCUT2D eigenvalue weighted by atomic mass is 10.1. The molecule has 20 heteroatoms. The van der Waals surface area contributed by atoms with Crippen molar-refractivity contribution in [3.8, 4) is 5.75 Å². The maximum Gasteiger partial charge on any atom is 0.297 e. The Morgan fingerprint density at radius 2 is 1.46 bits per heavy atom. The third-order valence-electron chi connectivity index (χ3n) is 5.62. The second-order valence-corrected chi connectivity index (χ2v) is 12.9. The van der Waals surface area contributed by atoms with Crippen LogP contribution in [0.3, 0.4) is 0 Å². The van der Waals surface area contributed by atoms with Crippen LogP contribution in [-0.4, -0.2) is 56.3 Å². The number of fused-ring (bicyclic) bond motifs is 2. The van der Waals surface area contributed by atoms with Gasteiger partial charge in [0.15, 0.2) is 5.75 Å². The summed E-state index contributed by atoms with van der Waals surface area (Å²) in [5.74, 6) is -0.743. The Morgan fingerprint density at radius 1 is 0.805 bits per heavy atom. The number of azo groups is 1. The number of anilines is 1. The van der Waals surface area contributed by atoms with Crippen molar-refractivity contribution in [2.75, 3.05) is 12.4 Å². The van der Waals surface area contributed by atoms with Crippen LogP contribution in [0.2, 0.25) is 0 Å². The molecule has 6 N–H and O–H groups in total. The predicted octanol–water partition coefficient (Wildman–Crippen LogP) is 4.32. The van der Waals surface area contributed by atoms with Gasteiger partial charge in [-0.2, -0.15) is 25.3 Å². The van der Waals surface area contributed by atoms with Crippen molar-refractivity contribution >= 4 is 81.0 Å². The molecule has 4 aromatic carbocycles. The summed E-state index contributed by atoms with van der Waals surface area (Å²) in [5.41, 5.74) is -0.848. The van der Waals surface area contributed by atoms with Gasteiger partial charge in [-0.15, -0.1) is 14.6 Å². The van der Waals surface area contributed by atoms with Crippen LogP contribution >= 0.6 is 12.0 Å². The zero-order valence-electron chi connectivity index (χ0n) is 20.1. The van der Waals surface area contributed by atoms with E-state index in [0.717, 1.165) is 42.5 Å². The Balaban J connectivity index is 2.05. The molecule has 0 aliphatic heterocycles. The van der Waals surface area contributed by atoms with E-state index in [2.05, 4.69) is 24.9 Å². The molecule has 0 aliphatic rings. The molecule has 0 aromatic heterocycles. The average molecular weight is 648 g/mol. The van der Waals surface area contributed by atoms with Crippen LogP contribution in [0.5, 0.6) is 5.75 Å². The molecule has 4 aromatic rings. The summed E-state index contributed by atoms with van der Waals surface area (Å²) >= 11 is 0.216. The standard InChI is InChI=1S/C21H17N3O13S4/c1-22-13-7-8-17(40(30,31)32)12-9-15(38-37-36-26)19(20(25)18(12)13)24-23-14-6-5-10-11(21(14)41(33,34)35)3-2-4-16(10)39(27,28)29/h2-9,22,25-26H,1H3,(H,27,28,29)(H,30,31,32)(H,33,34,35). The monoisotopic (exact) mass is 647 g/mol. The minimum Gasteiger partial charge on any atom is -0.505 e. The second-order valence-electron chi connectivity index (χ2n) is 7.97. The lowest BCUT2D eigenvalue weighted by molar-refractivity contribution is -0.432. The number of hydrogen-bond acceptors (Lipinski definition) is 14. The van der Waals surface area contributed by atoms with Gasteiger partial charge in [0.1, 0.15) is 26.1 Å². The SMILES string of the molecule is CNc1ccc(S(=O)(=O)O)c2cc(SOOO)c(N=Nc3ccc4c(S(=O)(=O)O)cccc4c3S(=O)(=O)O)c(O)c12. The van der Waals surface area contributed by atoms with Gasteiger partial charge in [-0.3, -0.25) is 13.7 Å². The van der Waals surface area contributed by atoms with E-state index in [4.69, 9.17) is 5.26 Å². The number of phenolic OH excluding ortho intramolecular Hbond substituents is 1. The van der Waals surface area contributed by atoms with Crippen molar-refractivity contribution in [3.05, 3.63) is 48.5 Å². The highest BCUT2D eigenvalue weighted by Crippen LogP contribution is 2.48. The summed E-state index contributed by atoms with van der Waals surface area (Å²) in [6, 6.07) is 8.70. The lowest BCUT2D eigenvalue weighted by Crippen LogP contribution is -2.03. The quantitative estimate of drug-likeness (QED) is 0.0486. The molecule has 0 unspecified atom stereocenters. The first-order chi connectivity index (χ1) is 19.1. The van der Waals surface area contributed by atoms with Gasteiger partial charge in [-0.05, 0) is 30.3 Å². The topological polar surface area (TPSA) is 259 Å². The van der Waals surface area contributed by atoms with E-state index in [1.165, 1.54) is 13.1 Å². The Hall–Kier alpha value is -3.44. The van der Waals surface area contributed by atoms with Gasteiger partial charge in [0, 0.05) is 28.9 Å². The van der Waals surface area contributed by atoms with Crippen LogP contribution in [0, 0.1) is 0 Å². The van der Waals surface area contributed by atoms with Crippen LogP contribution in [-0.2, 0) is 39.7 Å². The van der Waals surface area contributed by atoms with Gasteiger partial charge >= 0.3 is 0 Å². The molecule has 0 saturated heterocycles. The number of hydrogen-bond donors (Lipinski definition) is 6. The minimum atomic E-state index is -5.11. The van der Waals surface area contributed by atoms with Crippen LogP contribution in [0.15, 0.2) is 78.3 Å². The number of nitrogens with one attached hydrogen (secondary N) is 1. The summed E-state index contributed by atoms with van der Waals surface area (Å²) in [5, 5.41) is 32.7. The van der Waals surface area contributed by atoms with Gasteiger partial charge in [0.05, 0.1) is 22.3 Å². The molecular weight excluding hydrogens is 631 g/mol. The third-order valence-corrected chi connectivity index (χ3v) is 9.01. The van der Waals surface area contributed by atoms with Gasteiger partial charge in [-0.1, -0.05) is 23.2 Å². The molecule has 0 radical (unpaired) electrons. The maximum atomic E-state index is 12.3. The van der Waals surface area contributed by atoms with Crippen molar-refractivity contribution in [1.82, 2.24) is 0 Å². The van der Waals surface area contributed by atoms with Crippen molar-refractivity contribution in [2.24, 2.45) is 10.2 Å². The number of phenols is 1. The van der Waals surface area contributed by atoms with Crippen LogP contribution in [0.4, 0.5) is 17.1 Å². The largest absolute Gasteiger partial charge is 0.505 e. The fraction of sp³-hybridized carbons (Fsp3) is 0.0476. The maximum absolute atomic E-state index is 12.3. The molecule has 0 saturated carbocycles. The number of rotatable bonds is 9. The highest BCUT2D eigenvalue weighted by Gasteiger charge is 2.26. The van der Waals surface area contributed by atoms with Crippen LogP contribution < -0.4 is 5.32 Å². The van der Waals surface area contributed by atoms with E-state index in [9.17, 15) is 44.0 Å². The van der Waals surface area contributed by atoms with Gasteiger partial charge in [0.25, 0.3) is 30.4 Å². The Morgan fingerprint density at radius 3 is 2.05 bits per heavy atom. The fourth-order valence-electron chi connectivity index (χ4n) is 4.05. The van der Waals surface area contributed by atoms with E-state index in [1.54, 1.807) is 0 Å². The lowest BCUT2D eigenvalue weighted by Gasteiger charge is -2.14. The molecule has 0 atom stereocenters. The normalized spacial score (nSPS) is 12.9. The zero-order chi connectivity index (χ0) is 30.3. The van der Waals surface area contributed by atoms with E-state index < -0.39 is 62.2 Å². The molecule has 0 amide bonds. The highest BCUT2D eigenvalue weighted by atomic mass is 32.2. The van der Waals surface area contributed by atoms with Gasteiger partial charge < -0.3 is 10.4 Å². The smallest absolute Gasteiger partial charge is 0.297 e. The highest BCUT2D eigenvalue weighted by molar-refractivity contribution is 7.94.